The van der Waals surface area contributed by atoms with Crippen molar-refractivity contribution in [3.05, 3.63) is 34.8 Å². The van der Waals surface area contributed by atoms with Crippen LogP contribution in [-0.4, -0.2) is 16.5 Å². The van der Waals surface area contributed by atoms with E-state index in [2.05, 4.69) is 43.5 Å². The van der Waals surface area contributed by atoms with Crippen LogP contribution >= 0.6 is 15.9 Å². The molecule has 7 heteroatoms. The van der Waals surface area contributed by atoms with Crippen molar-refractivity contribution in [2.45, 2.75) is 96.8 Å². The maximum atomic E-state index is 14.1. The van der Waals surface area contributed by atoms with Crippen LogP contribution in [0, 0.1) is 5.82 Å². The Labute approximate surface area is 207 Å². The summed E-state index contributed by atoms with van der Waals surface area (Å²) in [6, 6.07) is 4.80. The molecule has 2 aromatic rings. The molecule has 184 valence electrons. The fourth-order valence-electron chi connectivity index (χ4n) is 3.88. The molecule has 1 aromatic carbocycles. The Morgan fingerprint density at radius 2 is 1.36 bits per heavy atom. The molecule has 0 saturated heterocycles. The summed E-state index contributed by atoms with van der Waals surface area (Å²) in [5, 5.41) is 6.24. The number of hydrogen-bond acceptors (Lipinski definition) is 5. The molecule has 5 nitrogen and oxygen atoms in total. The van der Waals surface area contributed by atoms with Gasteiger partial charge in [-0.1, -0.05) is 106 Å². The predicted molar refractivity (Wildman–Crippen MR) is 143 cm³/mol. The number of halogens is 2. The number of unbranched alkanes of at least 4 members (excludes halogenated alkanes) is 13. The van der Waals surface area contributed by atoms with Crippen molar-refractivity contribution in [1.29, 1.82) is 0 Å². The summed E-state index contributed by atoms with van der Waals surface area (Å²) in [6.07, 6.45) is 20.2. The Kier molecular flexibility index (Phi) is 13.8. The first-order valence-electron chi connectivity index (χ1n) is 12.7. The zero-order valence-electron chi connectivity index (χ0n) is 20.1. The summed E-state index contributed by atoms with van der Waals surface area (Å²) in [7, 11) is 0. The van der Waals surface area contributed by atoms with Crippen LogP contribution in [-0.2, 0) is 0 Å². The van der Waals surface area contributed by atoms with Crippen molar-refractivity contribution in [3.8, 4) is 0 Å². The van der Waals surface area contributed by atoms with Crippen molar-refractivity contribution >= 4 is 38.9 Å². The number of aromatic nitrogens is 2. The molecule has 2 rings (SSSR count). The van der Waals surface area contributed by atoms with Gasteiger partial charge < -0.3 is 16.4 Å². The zero-order valence-corrected chi connectivity index (χ0v) is 21.7. The van der Waals surface area contributed by atoms with E-state index < -0.39 is 0 Å². The highest BCUT2D eigenvalue weighted by atomic mass is 79.9. The van der Waals surface area contributed by atoms with Gasteiger partial charge >= 0.3 is 0 Å². The Morgan fingerprint density at radius 1 is 0.818 bits per heavy atom. The van der Waals surface area contributed by atoms with Crippen LogP contribution in [0.1, 0.15) is 96.8 Å². The molecule has 0 atom stereocenters. The maximum Gasteiger partial charge on any atom is 0.159 e. The SMILES string of the molecule is CCCCCCCCCCCCCCCCNc1ncnc(Nc2ccc(Br)cc2F)c1N. The second-order valence-electron chi connectivity index (χ2n) is 8.76. The van der Waals surface area contributed by atoms with Gasteiger partial charge in [-0.2, -0.15) is 0 Å². The van der Waals surface area contributed by atoms with Crippen molar-refractivity contribution < 1.29 is 4.39 Å². The van der Waals surface area contributed by atoms with Gasteiger partial charge in [-0.25, -0.2) is 14.4 Å². The van der Waals surface area contributed by atoms with Crippen LogP contribution in [0.2, 0.25) is 0 Å². The third kappa shape index (κ3) is 11.2. The number of anilines is 4. The van der Waals surface area contributed by atoms with Gasteiger partial charge in [-0.3, -0.25) is 0 Å². The van der Waals surface area contributed by atoms with E-state index in [1.54, 1.807) is 12.1 Å². The molecule has 33 heavy (non-hydrogen) atoms. The average molecular weight is 523 g/mol. The number of hydrogen-bond donors (Lipinski definition) is 3. The van der Waals surface area contributed by atoms with Gasteiger partial charge in [0.2, 0.25) is 0 Å². The number of nitrogens with two attached hydrogens (primary N) is 1. The monoisotopic (exact) mass is 521 g/mol. The van der Waals surface area contributed by atoms with Gasteiger partial charge in [0.15, 0.2) is 11.6 Å². The predicted octanol–water partition coefficient (Wildman–Crippen LogP) is 8.60. The zero-order chi connectivity index (χ0) is 23.7. The van der Waals surface area contributed by atoms with Crippen LogP contribution in [0.15, 0.2) is 29.0 Å². The highest BCUT2D eigenvalue weighted by Gasteiger charge is 2.10. The molecule has 1 heterocycles. The highest BCUT2D eigenvalue weighted by molar-refractivity contribution is 9.10. The minimum atomic E-state index is -0.376. The quantitative estimate of drug-likeness (QED) is 0.171. The van der Waals surface area contributed by atoms with Gasteiger partial charge in [0.25, 0.3) is 0 Å². The molecule has 0 aliphatic heterocycles. The normalized spacial score (nSPS) is 11.0. The summed E-state index contributed by atoms with van der Waals surface area (Å²) in [4.78, 5) is 8.39. The number of nitrogens with zero attached hydrogens (tertiary/aromatic N) is 2. The third-order valence-corrected chi connectivity index (χ3v) is 6.38. The molecule has 0 radical (unpaired) electrons. The molecular formula is C26H41BrFN5. The van der Waals surface area contributed by atoms with Crippen molar-refractivity contribution in [1.82, 2.24) is 9.97 Å². The molecule has 0 amide bonds. The first-order valence-corrected chi connectivity index (χ1v) is 13.5. The highest BCUT2D eigenvalue weighted by Crippen LogP contribution is 2.28. The lowest BCUT2D eigenvalue weighted by Crippen LogP contribution is -2.09. The first kappa shape index (κ1) is 27.4. The number of nitrogen functional groups attached to an aromatic ring is 1. The van der Waals surface area contributed by atoms with Gasteiger partial charge in [0.1, 0.15) is 17.8 Å². The first-order chi connectivity index (χ1) is 16.1. The molecule has 4 N–H and O–H groups in total. The summed E-state index contributed by atoms with van der Waals surface area (Å²) >= 11 is 3.26. The van der Waals surface area contributed by atoms with Crippen LogP contribution < -0.4 is 16.4 Å². The van der Waals surface area contributed by atoms with Gasteiger partial charge in [-0.05, 0) is 24.6 Å². The van der Waals surface area contributed by atoms with E-state index in [1.807, 2.05) is 0 Å². The third-order valence-electron chi connectivity index (χ3n) is 5.89. The van der Waals surface area contributed by atoms with Crippen LogP contribution in [0.3, 0.4) is 0 Å². The summed E-state index contributed by atoms with van der Waals surface area (Å²) in [5.41, 5.74) is 6.90. The van der Waals surface area contributed by atoms with E-state index in [0.717, 1.165) is 13.0 Å². The Morgan fingerprint density at radius 3 is 1.94 bits per heavy atom. The Hall–Kier alpha value is -1.89. The molecule has 0 aliphatic carbocycles. The number of benzene rings is 1. The van der Waals surface area contributed by atoms with Crippen LogP contribution in [0.5, 0.6) is 0 Å². The van der Waals surface area contributed by atoms with E-state index in [0.29, 0.717) is 27.5 Å². The van der Waals surface area contributed by atoms with E-state index in [1.165, 1.54) is 95.9 Å². The molecule has 0 saturated carbocycles. The fraction of sp³-hybridized carbons (Fsp3) is 0.615. The van der Waals surface area contributed by atoms with Crippen molar-refractivity contribution in [3.63, 3.8) is 0 Å². The smallest absolute Gasteiger partial charge is 0.159 e. The lowest BCUT2D eigenvalue weighted by molar-refractivity contribution is 0.537. The summed E-state index contributed by atoms with van der Waals surface area (Å²) in [5.74, 6) is 0.605. The summed E-state index contributed by atoms with van der Waals surface area (Å²) < 4.78 is 14.8. The second kappa shape index (κ2) is 16.7. The van der Waals surface area contributed by atoms with E-state index in [9.17, 15) is 4.39 Å². The molecule has 0 bridgehead atoms. The van der Waals surface area contributed by atoms with E-state index in [4.69, 9.17) is 5.73 Å². The van der Waals surface area contributed by atoms with E-state index >= 15 is 0 Å². The number of rotatable bonds is 18. The second-order valence-corrected chi connectivity index (χ2v) is 9.67. The fourth-order valence-corrected chi connectivity index (χ4v) is 4.21. The molecule has 0 spiro atoms. The molecule has 0 fully saturated rings. The topological polar surface area (TPSA) is 75.9 Å². The minimum absolute atomic E-state index is 0.321. The van der Waals surface area contributed by atoms with Crippen molar-refractivity contribution in [2.24, 2.45) is 0 Å². The Bertz CT molecular complexity index is 802. The Balaban J connectivity index is 1.54. The van der Waals surface area contributed by atoms with Gasteiger partial charge in [0.05, 0.1) is 5.69 Å². The lowest BCUT2D eigenvalue weighted by atomic mass is 10.0. The maximum absolute atomic E-state index is 14.1. The molecule has 0 aliphatic rings. The number of nitrogens with one attached hydrogen (secondary N) is 2. The van der Waals surface area contributed by atoms with Gasteiger partial charge in [-0.15, -0.1) is 0 Å². The van der Waals surface area contributed by atoms with Crippen LogP contribution in [0.25, 0.3) is 0 Å². The summed E-state index contributed by atoms with van der Waals surface area (Å²) in [6.45, 7) is 3.08. The standard InChI is InChI=1S/C26H41BrFN5/c1-2-3-4-5-6-7-8-9-10-11-12-13-14-15-18-30-25-24(29)26(32-20-31-25)33-23-17-16-21(27)19-22(23)28/h16-17,19-20H,2-15,18,29H2,1H3,(H2,30,31,32,33). The van der Waals surface area contributed by atoms with Crippen molar-refractivity contribution in [2.75, 3.05) is 22.9 Å². The lowest BCUT2D eigenvalue weighted by Gasteiger charge is -2.13. The molecule has 1 aromatic heterocycles. The van der Waals surface area contributed by atoms with Gasteiger partial charge in [0, 0.05) is 11.0 Å². The van der Waals surface area contributed by atoms with Crippen LogP contribution in [0.4, 0.5) is 27.4 Å². The molecule has 0 unspecified atom stereocenters. The average Bonchev–Trinajstić information content (AvgIpc) is 2.80. The minimum Gasteiger partial charge on any atom is -0.393 e. The molecular weight excluding hydrogens is 481 g/mol. The largest absolute Gasteiger partial charge is 0.393 e. The van der Waals surface area contributed by atoms with E-state index in [-0.39, 0.29) is 5.82 Å².